The number of likely N-dealkylation sites (tertiary alicyclic amines) is 1. The van der Waals surface area contributed by atoms with Gasteiger partial charge in [0.25, 0.3) is 0 Å². The van der Waals surface area contributed by atoms with E-state index in [1.165, 1.54) is 6.20 Å². The van der Waals surface area contributed by atoms with Gasteiger partial charge in [-0.15, -0.1) is 0 Å². The molecule has 1 aromatic heterocycles. The van der Waals surface area contributed by atoms with E-state index in [-0.39, 0.29) is 29.1 Å². The summed E-state index contributed by atoms with van der Waals surface area (Å²) < 4.78 is 46.4. The lowest BCUT2D eigenvalue weighted by Gasteiger charge is -2.29. The standard InChI is InChI=1S/C24H30F3N3O2/c1-15-9-17(13-28-12-15)19-3-4-21(24(25,26)27)23-20(19)11-18(14-29-23)32-22(31)10-16-5-7-30(2)8-6-16/h3-4,11,14-17,28H,5-10,12-13H2,1-2H3. The summed E-state index contributed by atoms with van der Waals surface area (Å²) in [6, 6.07) is 4.23. The normalized spacial score (nSPS) is 23.4. The Morgan fingerprint density at radius 1 is 1.25 bits per heavy atom. The van der Waals surface area contributed by atoms with Gasteiger partial charge in [-0.25, -0.2) is 0 Å². The zero-order valence-electron chi connectivity index (χ0n) is 18.5. The monoisotopic (exact) mass is 449 g/mol. The Bertz CT molecular complexity index is 971. The number of hydrogen-bond donors (Lipinski definition) is 1. The third-order valence-corrected chi connectivity index (χ3v) is 6.70. The fraction of sp³-hybridized carbons (Fsp3) is 0.583. The van der Waals surface area contributed by atoms with Crippen molar-refractivity contribution in [2.45, 2.75) is 44.7 Å². The summed E-state index contributed by atoms with van der Waals surface area (Å²) in [5, 5.41) is 3.76. The highest BCUT2D eigenvalue weighted by Gasteiger charge is 2.35. The fourth-order valence-electron chi connectivity index (χ4n) is 4.93. The number of benzene rings is 1. The first-order chi connectivity index (χ1) is 15.2. The largest absolute Gasteiger partial charge is 0.425 e. The molecule has 2 saturated heterocycles. The van der Waals surface area contributed by atoms with Crippen LogP contribution in [0.5, 0.6) is 5.75 Å². The number of fused-ring (bicyclic) bond motifs is 1. The van der Waals surface area contributed by atoms with Crippen molar-refractivity contribution in [3.8, 4) is 5.75 Å². The molecule has 2 atom stereocenters. The summed E-state index contributed by atoms with van der Waals surface area (Å²) in [6.45, 7) is 5.62. The molecule has 2 unspecified atom stereocenters. The van der Waals surface area contributed by atoms with Crippen LogP contribution in [0.15, 0.2) is 24.4 Å². The first kappa shape index (κ1) is 23.0. The Hall–Kier alpha value is -2.19. The maximum absolute atomic E-state index is 13.6. The number of ether oxygens (including phenoxy) is 1. The van der Waals surface area contributed by atoms with Gasteiger partial charge in [0.05, 0.1) is 17.3 Å². The smallest absolute Gasteiger partial charge is 0.418 e. The molecule has 8 heteroatoms. The van der Waals surface area contributed by atoms with Crippen LogP contribution in [-0.2, 0) is 11.0 Å². The van der Waals surface area contributed by atoms with Crippen LogP contribution in [0.1, 0.15) is 49.7 Å². The van der Waals surface area contributed by atoms with Crippen molar-refractivity contribution in [2.75, 3.05) is 33.2 Å². The van der Waals surface area contributed by atoms with Crippen LogP contribution in [0.3, 0.4) is 0 Å². The molecule has 5 nitrogen and oxygen atoms in total. The Morgan fingerprint density at radius 2 is 2.00 bits per heavy atom. The van der Waals surface area contributed by atoms with E-state index >= 15 is 0 Å². The van der Waals surface area contributed by atoms with Crippen LogP contribution in [0.2, 0.25) is 0 Å². The number of carbonyl (C=O) groups excluding carboxylic acids is 1. The van der Waals surface area contributed by atoms with Gasteiger partial charge in [0, 0.05) is 18.4 Å². The molecule has 2 aliphatic rings. The van der Waals surface area contributed by atoms with Gasteiger partial charge in [-0.3, -0.25) is 9.78 Å². The lowest BCUT2D eigenvalue weighted by molar-refractivity contribution is -0.137. The minimum atomic E-state index is -4.51. The number of esters is 1. The molecule has 4 rings (SSSR count). The van der Waals surface area contributed by atoms with E-state index in [9.17, 15) is 18.0 Å². The molecule has 2 aromatic rings. The molecule has 2 fully saturated rings. The molecule has 1 aromatic carbocycles. The zero-order valence-corrected chi connectivity index (χ0v) is 18.5. The fourth-order valence-corrected chi connectivity index (χ4v) is 4.93. The number of alkyl halides is 3. The number of piperidine rings is 2. The summed E-state index contributed by atoms with van der Waals surface area (Å²) in [5.41, 5.74) is -0.0478. The van der Waals surface area contributed by atoms with Crippen molar-refractivity contribution in [1.29, 1.82) is 0 Å². The van der Waals surface area contributed by atoms with Crippen LogP contribution in [-0.4, -0.2) is 49.1 Å². The van der Waals surface area contributed by atoms with Gasteiger partial charge in [-0.2, -0.15) is 13.2 Å². The number of nitrogens with one attached hydrogen (secondary N) is 1. The Labute approximate surface area is 186 Å². The van der Waals surface area contributed by atoms with Gasteiger partial charge < -0.3 is 15.0 Å². The second kappa shape index (κ2) is 9.35. The molecule has 174 valence electrons. The van der Waals surface area contributed by atoms with E-state index in [0.29, 0.717) is 24.3 Å². The van der Waals surface area contributed by atoms with E-state index < -0.39 is 11.7 Å². The van der Waals surface area contributed by atoms with Gasteiger partial charge in [-0.1, -0.05) is 13.0 Å². The second-order valence-electron chi connectivity index (χ2n) is 9.39. The zero-order chi connectivity index (χ0) is 22.9. The lowest BCUT2D eigenvalue weighted by Crippen LogP contribution is -2.33. The van der Waals surface area contributed by atoms with E-state index in [2.05, 4.69) is 29.2 Å². The van der Waals surface area contributed by atoms with E-state index in [4.69, 9.17) is 4.74 Å². The van der Waals surface area contributed by atoms with Crippen molar-refractivity contribution < 1.29 is 22.7 Å². The van der Waals surface area contributed by atoms with Crippen LogP contribution < -0.4 is 10.1 Å². The van der Waals surface area contributed by atoms with E-state index in [1.807, 2.05) is 0 Å². The summed E-state index contributed by atoms with van der Waals surface area (Å²) >= 11 is 0. The Balaban J connectivity index is 1.61. The number of halogens is 3. The predicted octanol–water partition coefficient (Wildman–Crippen LogP) is 4.60. The molecule has 0 aliphatic carbocycles. The lowest BCUT2D eigenvalue weighted by atomic mass is 9.84. The molecule has 0 bridgehead atoms. The molecule has 3 heterocycles. The van der Waals surface area contributed by atoms with Crippen molar-refractivity contribution in [2.24, 2.45) is 11.8 Å². The predicted molar refractivity (Wildman–Crippen MR) is 117 cm³/mol. The highest BCUT2D eigenvalue weighted by Crippen LogP contribution is 2.39. The highest BCUT2D eigenvalue weighted by atomic mass is 19.4. The third kappa shape index (κ3) is 5.23. The molecule has 0 saturated carbocycles. The molecule has 1 N–H and O–H groups in total. The van der Waals surface area contributed by atoms with Gasteiger partial charge in [0.2, 0.25) is 0 Å². The summed E-state index contributed by atoms with van der Waals surface area (Å²) in [5.74, 6) is 0.620. The topological polar surface area (TPSA) is 54.5 Å². The average molecular weight is 450 g/mol. The van der Waals surface area contributed by atoms with Gasteiger partial charge in [0.1, 0.15) is 5.75 Å². The third-order valence-electron chi connectivity index (χ3n) is 6.70. The molecular weight excluding hydrogens is 419 g/mol. The number of aromatic nitrogens is 1. The second-order valence-corrected chi connectivity index (χ2v) is 9.39. The number of pyridine rings is 1. The van der Waals surface area contributed by atoms with Crippen molar-refractivity contribution in [1.82, 2.24) is 15.2 Å². The molecule has 0 radical (unpaired) electrons. The maximum Gasteiger partial charge on any atom is 0.418 e. The van der Waals surface area contributed by atoms with Crippen LogP contribution in [0, 0.1) is 11.8 Å². The molecule has 2 aliphatic heterocycles. The number of carbonyl (C=O) groups is 1. The van der Waals surface area contributed by atoms with Crippen molar-refractivity contribution >= 4 is 16.9 Å². The van der Waals surface area contributed by atoms with Gasteiger partial charge in [0.15, 0.2) is 0 Å². The number of rotatable bonds is 4. The Morgan fingerprint density at radius 3 is 2.69 bits per heavy atom. The summed E-state index contributed by atoms with van der Waals surface area (Å²) in [7, 11) is 2.06. The van der Waals surface area contributed by atoms with E-state index in [1.54, 1.807) is 12.1 Å². The maximum atomic E-state index is 13.6. The summed E-state index contributed by atoms with van der Waals surface area (Å²) in [6.07, 6.45) is -0.204. The quantitative estimate of drug-likeness (QED) is 0.692. The number of nitrogens with zero attached hydrogens (tertiary/aromatic N) is 2. The first-order valence-corrected chi connectivity index (χ1v) is 11.3. The van der Waals surface area contributed by atoms with Gasteiger partial charge in [-0.05, 0) is 81.4 Å². The minimum absolute atomic E-state index is 0.0792. The SMILES string of the molecule is CC1CNCC(c2ccc(C(F)(F)F)c3ncc(OC(=O)CC4CCN(C)CC4)cc23)C1. The van der Waals surface area contributed by atoms with Gasteiger partial charge >= 0.3 is 12.1 Å². The van der Waals surface area contributed by atoms with E-state index in [0.717, 1.165) is 50.5 Å². The molecule has 0 spiro atoms. The highest BCUT2D eigenvalue weighted by molar-refractivity contribution is 5.88. The van der Waals surface area contributed by atoms with Crippen LogP contribution in [0.25, 0.3) is 10.9 Å². The molecule has 0 amide bonds. The molecule has 32 heavy (non-hydrogen) atoms. The molecular formula is C24H30F3N3O2. The summed E-state index contributed by atoms with van der Waals surface area (Å²) in [4.78, 5) is 18.8. The first-order valence-electron chi connectivity index (χ1n) is 11.3. The minimum Gasteiger partial charge on any atom is -0.425 e. The van der Waals surface area contributed by atoms with Crippen LogP contribution >= 0.6 is 0 Å². The van der Waals surface area contributed by atoms with Crippen LogP contribution in [0.4, 0.5) is 13.2 Å². The van der Waals surface area contributed by atoms with Crippen molar-refractivity contribution in [3.05, 3.63) is 35.5 Å². The number of hydrogen-bond acceptors (Lipinski definition) is 5. The van der Waals surface area contributed by atoms with Crippen molar-refractivity contribution in [3.63, 3.8) is 0 Å². The average Bonchev–Trinajstić information content (AvgIpc) is 2.73. The Kier molecular flexibility index (Phi) is 6.72.